The first-order chi connectivity index (χ1) is 16.2. The Morgan fingerprint density at radius 2 is 1.88 bits per heavy atom. The number of hydrogen-bond acceptors (Lipinski definition) is 3. The summed E-state index contributed by atoms with van der Waals surface area (Å²) in [5.41, 5.74) is 5.45. The van der Waals surface area contributed by atoms with Crippen molar-refractivity contribution in [3.8, 4) is 5.75 Å². The summed E-state index contributed by atoms with van der Waals surface area (Å²) < 4.78 is 0. The topological polar surface area (TPSA) is 52.6 Å². The molecule has 1 amide bonds. The Morgan fingerprint density at radius 3 is 2.70 bits per heavy atom. The highest BCUT2D eigenvalue weighted by Crippen LogP contribution is 2.35. The Balaban J connectivity index is 1.40. The van der Waals surface area contributed by atoms with Crippen molar-refractivity contribution in [3.63, 3.8) is 0 Å². The summed E-state index contributed by atoms with van der Waals surface area (Å²) >= 11 is 0. The van der Waals surface area contributed by atoms with Crippen LogP contribution in [0.2, 0.25) is 0 Å². The first kappa shape index (κ1) is 22.8. The van der Waals surface area contributed by atoms with E-state index >= 15 is 0 Å². The van der Waals surface area contributed by atoms with Gasteiger partial charge in [0.25, 0.3) is 5.91 Å². The molecule has 0 saturated heterocycles. The molecule has 0 aliphatic carbocycles. The standard InChI is InChI=1S/C29H32N2O2/c1-2-28-27-20-25(32)16-15-23(27)17-19-31(28)21-24-13-6-7-14-26(24)29(33)30-18-9-8-12-22-10-4-3-5-11-22/h3-8,10-16,20,28,32H,2,9,17-19,21H2,1H3,(H,30,33). The number of rotatable bonds is 8. The molecule has 2 N–H and O–H groups in total. The molecule has 0 spiro atoms. The molecular formula is C29H32N2O2. The second-order valence-electron chi connectivity index (χ2n) is 8.54. The number of carbonyl (C=O) groups is 1. The molecule has 4 nitrogen and oxygen atoms in total. The molecule has 0 bridgehead atoms. The third-order valence-electron chi connectivity index (χ3n) is 6.33. The summed E-state index contributed by atoms with van der Waals surface area (Å²) in [5, 5.41) is 13.1. The fourth-order valence-electron chi connectivity index (χ4n) is 4.65. The van der Waals surface area contributed by atoms with Crippen molar-refractivity contribution >= 4 is 12.0 Å². The molecule has 33 heavy (non-hydrogen) atoms. The minimum Gasteiger partial charge on any atom is -0.508 e. The number of carbonyl (C=O) groups excluding carboxylic acids is 1. The zero-order chi connectivity index (χ0) is 23.0. The van der Waals surface area contributed by atoms with Gasteiger partial charge < -0.3 is 10.4 Å². The molecule has 3 aromatic rings. The zero-order valence-corrected chi connectivity index (χ0v) is 19.2. The fraction of sp³-hybridized carbons (Fsp3) is 0.276. The number of amides is 1. The van der Waals surface area contributed by atoms with Crippen molar-refractivity contribution in [2.24, 2.45) is 0 Å². The van der Waals surface area contributed by atoms with E-state index < -0.39 is 0 Å². The second-order valence-corrected chi connectivity index (χ2v) is 8.54. The van der Waals surface area contributed by atoms with Gasteiger partial charge in [0.05, 0.1) is 0 Å². The van der Waals surface area contributed by atoms with E-state index in [2.05, 4.69) is 47.5 Å². The predicted molar refractivity (Wildman–Crippen MR) is 134 cm³/mol. The van der Waals surface area contributed by atoms with Crippen molar-refractivity contribution < 1.29 is 9.90 Å². The molecule has 0 radical (unpaired) electrons. The van der Waals surface area contributed by atoms with Crippen LogP contribution in [0.1, 0.15) is 58.4 Å². The van der Waals surface area contributed by atoms with Crippen LogP contribution in [-0.4, -0.2) is 29.0 Å². The monoisotopic (exact) mass is 440 g/mol. The molecule has 0 fully saturated rings. The van der Waals surface area contributed by atoms with Crippen LogP contribution in [0.5, 0.6) is 5.75 Å². The molecular weight excluding hydrogens is 408 g/mol. The minimum absolute atomic E-state index is 0.0261. The number of phenols is 1. The molecule has 1 atom stereocenters. The van der Waals surface area contributed by atoms with Gasteiger partial charge in [-0.3, -0.25) is 9.69 Å². The second kappa shape index (κ2) is 11.0. The first-order valence-electron chi connectivity index (χ1n) is 11.8. The van der Waals surface area contributed by atoms with Gasteiger partial charge in [-0.1, -0.05) is 73.7 Å². The van der Waals surface area contributed by atoms with Gasteiger partial charge in [0, 0.05) is 31.2 Å². The average molecular weight is 441 g/mol. The number of nitrogens with zero attached hydrogens (tertiary/aromatic N) is 1. The number of benzene rings is 3. The lowest BCUT2D eigenvalue weighted by atomic mass is 9.90. The third-order valence-corrected chi connectivity index (χ3v) is 6.33. The van der Waals surface area contributed by atoms with E-state index in [1.54, 1.807) is 6.07 Å². The Labute approximate surface area is 196 Å². The number of aromatic hydroxyl groups is 1. The van der Waals surface area contributed by atoms with Gasteiger partial charge in [0.2, 0.25) is 0 Å². The highest BCUT2D eigenvalue weighted by molar-refractivity contribution is 5.95. The van der Waals surface area contributed by atoms with Crippen LogP contribution in [0.15, 0.2) is 78.9 Å². The zero-order valence-electron chi connectivity index (χ0n) is 19.2. The highest BCUT2D eigenvalue weighted by Gasteiger charge is 2.27. The van der Waals surface area contributed by atoms with E-state index in [0.29, 0.717) is 18.8 Å². The maximum atomic E-state index is 12.9. The number of fused-ring (bicyclic) bond motifs is 1. The quantitative estimate of drug-likeness (QED) is 0.440. The van der Waals surface area contributed by atoms with Gasteiger partial charge >= 0.3 is 0 Å². The molecule has 4 rings (SSSR count). The summed E-state index contributed by atoms with van der Waals surface area (Å²) in [6, 6.07) is 24.0. The summed E-state index contributed by atoms with van der Waals surface area (Å²) in [5.74, 6) is 0.289. The molecule has 1 aliphatic heterocycles. The Hall–Kier alpha value is -3.37. The summed E-state index contributed by atoms with van der Waals surface area (Å²) in [4.78, 5) is 15.4. The number of nitrogens with one attached hydrogen (secondary N) is 1. The van der Waals surface area contributed by atoms with Crippen LogP contribution in [-0.2, 0) is 13.0 Å². The highest BCUT2D eigenvalue weighted by atomic mass is 16.3. The fourth-order valence-corrected chi connectivity index (χ4v) is 4.65. The van der Waals surface area contributed by atoms with Crippen molar-refractivity contribution in [1.29, 1.82) is 0 Å². The van der Waals surface area contributed by atoms with E-state index in [1.165, 1.54) is 11.1 Å². The number of phenolic OH excluding ortho intramolecular Hbond substituents is 1. The molecule has 0 saturated carbocycles. The third kappa shape index (κ3) is 5.71. The SMILES string of the molecule is CCC1c2cc(O)ccc2CCN1Cc1ccccc1C(=O)NCCC=Cc1ccccc1. The van der Waals surface area contributed by atoms with Gasteiger partial charge in [0.15, 0.2) is 0 Å². The van der Waals surface area contributed by atoms with E-state index in [1.807, 2.05) is 48.5 Å². The molecule has 3 aromatic carbocycles. The Bertz CT molecular complexity index is 1110. The molecule has 170 valence electrons. The normalized spacial score (nSPS) is 16.0. The summed E-state index contributed by atoms with van der Waals surface area (Å²) in [6.07, 6.45) is 6.87. The van der Waals surface area contributed by atoms with Gasteiger partial charge in [-0.15, -0.1) is 0 Å². The average Bonchev–Trinajstić information content (AvgIpc) is 2.84. The largest absolute Gasteiger partial charge is 0.508 e. The van der Waals surface area contributed by atoms with Crippen LogP contribution in [0.3, 0.4) is 0 Å². The Morgan fingerprint density at radius 1 is 1.09 bits per heavy atom. The van der Waals surface area contributed by atoms with Crippen molar-refractivity contribution in [2.75, 3.05) is 13.1 Å². The lowest BCUT2D eigenvalue weighted by Gasteiger charge is -2.37. The lowest BCUT2D eigenvalue weighted by molar-refractivity contribution is 0.0950. The van der Waals surface area contributed by atoms with E-state index in [-0.39, 0.29) is 11.9 Å². The number of hydrogen-bond donors (Lipinski definition) is 2. The lowest BCUT2D eigenvalue weighted by Crippen LogP contribution is -2.35. The minimum atomic E-state index is -0.0261. The van der Waals surface area contributed by atoms with E-state index in [0.717, 1.165) is 42.5 Å². The van der Waals surface area contributed by atoms with Crippen LogP contribution >= 0.6 is 0 Å². The molecule has 4 heteroatoms. The summed E-state index contributed by atoms with van der Waals surface area (Å²) in [6.45, 7) is 4.43. The van der Waals surface area contributed by atoms with Crippen molar-refractivity contribution in [1.82, 2.24) is 10.2 Å². The van der Waals surface area contributed by atoms with E-state index in [9.17, 15) is 9.90 Å². The van der Waals surface area contributed by atoms with Crippen LogP contribution < -0.4 is 5.32 Å². The molecule has 1 heterocycles. The maximum absolute atomic E-state index is 12.9. The predicted octanol–water partition coefficient (Wildman–Crippen LogP) is 5.73. The van der Waals surface area contributed by atoms with Crippen molar-refractivity contribution in [2.45, 2.75) is 38.8 Å². The molecule has 1 unspecified atom stereocenters. The van der Waals surface area contributed by atoms with Gasteiger partial charge in [-0.2, -0.15) is 0 Å². The molecule has 0 aromatic heterocycles. The maximum Gasteiger partial charge on any atom is 0.251 e. The van der Waals surface area contributed by atoms with Crippen LogP contribution in [0, 0.1) is 0 Å². The molecule has 1 aliphatic rings. The Kier molecular flexibility index (Phi) is 7.59. The van der Waals surface area contributed by atoms with Crippen LogP contribution in [0.4, 0.5) is 0 Å². The van der Waals surface area contributed by atoms with Gasteiger partial charge in [-0.25, -0.2) is 0 Å². The van der Waals surface area contributed by atoms with Crippen molar-refractivity contribution in [3.05, 3.63) is 107 Å². The van der Waals surface area contributed by atoms with Gasteiger partial charge in [0.1, 0.15) is 5.75 Å². The van der Waals surface area contributed by atoms with E-state index in [4.69, 9.17) is 0 Å². The van der Waals surface area contributed by atoms with Gasteiger partial charge in [-0.05, 0) is 59.7 Å². The van der Waals surface area contributed by atoms with Crippen LogP contribution in [0.25, 0.3) is 6.08 Å². The smallest absolute Gasteiger partial charge is 0.251 e. The first-order valence-corrected chi connectivity index (χ1v) is 11.8. The summed E-state index contributed by atoms with van der Waals surface area (Å²) in [7, 11) is 0.